The molecule has 3 aromatic rings. The van der Waals surface area contributed by atoms with Crippen LogP contribution in [0.2, 0.25) is 0 Å². The van der Waals surface area contributed by atoms with Gasteiger partial charge in [0.1, 0.15) is 17.1 Å². The van der Waals surface area contributed by atoms with Crippen LogP contribution in [0, 0.1) is 5.82 Å². The summed E-state index contributed by atoms with van der Waals surface area (Å²) < 4.78 is 57.9. The number of halogens is 1. The first-order valence-corrected chi connectivity index (χ1v) is 13.0. The third-order valence-corrected chi connectivity index (χ3v) is 6.80. The molecule has 1 heterocycles. The summed E-state index contributed by atoms with van der Waals surface area (Å²) in [4.78, 5) is 28.3. The molecule has 0 bridgehead atoms. The van der Waals surface area contributed by atoms with Gasteiger partial charge < -0.3 is 23.7 Å². The van der Waals surface area contributed by atoms with Gasteiger partial charge in [0.25, 0.3) is 0 Å². The first-order valence-electron chi connectivity index (χ1n) is 11.3. The number of ether oxygens (including phenoxy) is 2. The lowest BCUT2D eigenvalue weighted by molar-refractivity contribution is 0.172. The maximum atomic E-state index is 15.3. The summed E-state index contributed by atoms with van der Waals surface area (Å²) in [7, 11) is 4.41. The molecule has 0 unspecified atom stereocenters. The van der Waals surface area contributed by atoms with Crippen molar-refractivity contribution in [1.29, 1.82) is 0 Å². The fraction of sp³-hybridized carbons (Fsp3) is 0.360. The van der Waals surface area contributed by atoms with Crippen molar-refractivity contribution in [2.45, 2.75) is 19.9 Å². The molecule has 10 nitrogen and oxygen atoms in total. The summed E-state index contributed by atoms with van der Waals surface area (Å²) in [6, 6.07) is 7.22. The Balaban J connectivity index is 2.19. The number of nitrogens with zero attached hydrogens (tertiary/aromatic N) is 2. The second-order valence-corrected chi connectivity index (χ2v) is 10.8. The van der Waals surface area contributed by atoms with Crippen LogP contribution < -0.4 is 19.8 Å². The van der Waals surface area contributed by atoms with E-state index >= 15 is 4.39 Å². The largest absolute Gasteiger partial charge is 0.496 e. The zero-order valence-electron chi connectivity index (χ0n) is 21.5. The lowest BCUT2D eigenvalue weighted by atomic mass is 9.97. The molecular formula is C25H30FN3O7S. The van der Waals surface area contributed by atoms with Crippen molar-refractivity contribution < 1.29 is 31.5 Å². The molecule has 0 aliphatic rings. The van der Waals surface area contributed by atoms with E-state index in [-0.39, 0.29) is 46.9 Å². The molecule has 200 valence electrons. The Bertz CT molecular complexity index is 1480. The first kappa shape index (κ1) is 27.9. The van der Waals surface area contributed by atoms with E-state index < -0.39 is 27.6 Å². The minimum absolute atomic E-state index is 0.110. The third kappa shape index (κ3) is 6.38. The Labute approximate surface area is 214 Å². The number of nitrogens with one attached hydrogen (secondary N) is 1. The van der Waals surface area contributed by atoms with Gasteiger partial charge in [0.15, 0.2) is 5.82 Å². The zero-order valence-corrected chi connectivity index (χ0v) is 22.4. The van der Waals surface area contributed by atoms with Gasteiger partial charge in [0.05, 0.1) is 23.9 Å². The summed E-state index contributed by atoms with van der Waals surface area (Å²) in [5.74, 6) is -0.584. The number of fused-ring (bicyclic) bond motifs is 1. The van der Waals surface area contributed by atoms with E-state index in [0.29, 0.717) is 16.7 Å². The van der Waals surface area contributed by atoms with Crippen LogP contribution in [-0.2, 0) is 23.0 Å². The van der Waals surface area contributed by atoms with Crippen molar-refractivity contribution in [3.63, 3.8) is 0 Å². The molecule has 0 saturated carbocycles. The number of methoxy groups -OCH3 is 1. The molecule has 0 aliphatic carbocycles. The second-order valence-electron chi connectivity index (χ2n) is 8.81. The summed E-state index contributed by atoms with van der Waals surface area (Å²) in [5.41, 5.74) is 0.0596. The van der Waals surface area contributed by atoms with Crippen LogP contribution in [0.5, 0.6) is 11.5 Å². The monoisotopic (exact) mass is 535 g/mol. The minimum atomic E-state index is -3.71. The summed E-state index contributed by atoms with van der Waals surface area (Å²) in [5, 5.41) is 0.471. The molecule has 0 saturated heterocycles. The zero-order chi connectivity index (χ0) is 27.5. The highest BCUT2D eigenvalue weighted by Crippen LogP contribution is 2.36. The molecule has 2 aromatic carbocycles. The lowest BCUT2D eigenvalue weighted by Crippen LogP contribution is -2.25. The van der Waals surface area contributed by atoms with Gasteiger partial charge in [-0.15, -0.1) is 0 Å². The maximum Gasteiger partial charge on any atom is 0.414 e. The number of benzene rings is 2. The van der Waals surface area contributed by atoms with E-state index in [1.165, 1.54) is 63.4 Å². The number of carbonyl (C=O) groups is 1. The van der Waals surface area contributed by atoms with Crippen LogP contribution >= 0.6 is 0 Å². The SMILES string of the molecule is CCS(=O)(=O)Nc1cccc(Cc2c(CN(C)C)c3c(OC)cc(OC(=O)N(C)C)cc3oc2=O)c1F. The van der Waals surface area contributed by atoms with Gasteiger partial charge in [0, 0.05) is 44.8 Å². The second kappa shape index (κ2) is 11.2. The molecule has 37 heavy (non-hydrogen) atoms. The summed E-state index contributed by atoms with van der Waals surface area (Å²) in [6.07, 6.45) is -0.780. The molecule has 3 rings (SSSR count). The maximum absolute atomic E-state index is 15.3. The van der Waals surface area contributed by atoms with Crippen LogP contribution in [0.1, 0.15) is 23.6 Å². The van der Waals surface area contributed by atoms with Gasteiger partial charge in [-0.1, -0.05) is 12.1 Å². The third-order valence-electron chi connectivity index (χ3n) is 5.51. The average Bonchev–Trinajstić information content (AvgIpc) is 2.82. The Hall–Kier alpha value is -3.64. The molecular weight excluding hydrogens is 505 g/mol. The van der Waals surface area contributed by atoms with E-state index in [9.17, 15) is 18.0 Å². The van der Waals surface area contributed by atoms with Crippen molar-refractivity contribution in [2.24, 2.45) is 0 Å². The van der Waals surface area contributed by atoms with Crippen LogP contribution in [0.3, 0.4) is 0 Å². The quantitative estimate of drug-likeness (QED) is 0.414. The van der Waals surface area contributed by atoms with E-state index in [1.54, 1.807) is 0 Å². The van der Waals surface area contributed by atoms with Crippen molar-refractivity contribution in [3.05, 3.63) is 63.3 Å². The van der Waals surface area contributed by atoms with E-state index in [4.69, 9.17) is 13.9 Å². The standard InChI is InChI=1S/C25H30FN3O7S/c1-7-37(32,33)27-19-10-8-9-15(23(19)26)11-17-18(14-28(2)3)22-20(34-6)12-16(35-25(31)29(4)5)13-21(22)36-24(17)30/h8-10,12-13,27H,7,11,14H2,1-6H3. The van der Waals surface area contributed by atoms with E-state index in [2.05, 4.69) is 4.72 Å². The van der Waals surface area contributed by atoms with Crippen LogP contribution in [0.15, 0.2) is 39.5 Å². The predicted molar refractivity (Wildman–Crippen MR) is 138 cm³/mol. The van der Waals surface area contributed by atoms with Crippen molar-refractivity contribution in [2.75, 3.05) is 45.8 Å². The van der Waals surface area contributed by atoms with Crippen LogP contribution in [0.4, 0.5) is 14.9 Å². The fourth-order valence-electron chi connectivity index (χ4n) is 3.69. The summed E-state index contributed by atoms with van der Waals surface area (Å²) >= 11 is 0. The van der Waals surface area contributed by atoms with Gasteiger partial charge in [-0.25, -0.2) is 22.4 Å². The number of anilines is 1. The summed E-state index contributed by atoms with van der Waals surface area (Å²) in [6.45, 7) is 1.73. The van der Waals surface area contributed by atoms with Gasteiger partial charge in [-0.2, -0.15) is 0 Å². The lowest BCUT2D eigenvalue weighted by Gasteiger charge is -2.19. The van der Waals surface area contributed by atoms with Gasteiger partial charge in [0.2, 0.25) is 10.0 Å². The molecule has 0 fully saturated rings. The van der Waals surface area contributed by atoms with Gasteiger partial charge in [-0.05, 0) is 38.2 Å². The van der Waals surface area contributed by atoms with Gasteiger partial charge in [-0.3, -0.25) is 4.72 Å². The topological polar surface area (TPSA) is 118 Å². The van der Waals surface area contributed by atoms with Crippen molar-refractivity contribution in [1.82, 2.24) is 9.80 Å². The molecule has 0 spiro atoms. The highest BCUT2D eigenvalue weighted by Gasteiger charge is 2.23. The van der Waals surface area contributed by atoms with Crippen LogP contribution in [0.25, 0.3) is 11.0 Å². The number of hydrogen-bond donors (Lipinski definition) is 1. The number of sulfonamides is 1. The normalized spacial score (nSPS) is 11.6. The Morgan fingerprint density at radius 3 is 2.43 bits per heavy atom. The highest BCUT2D eigenvalue weighted by atomic mass is 32.2. The number of amides is 1. The van der Waals surface area contributed by atoms with E-state index in [1.807, 2.05) is 19.0 Å². The minimum Gasteiger partial charge on any atom is -0.496 e. The Morgan fingerprint density at radius 2 is 1.84 bits per heavy atom. The molecule has 1 N–H and O–H groups in total. The average molecular weight is 536 g/mol. The molecule has 0 atom stereocenters. The molecule has 1 aromatic heterocycles. The molecule has 12 heteroatoms. The molecule has 0 radical (unpaired) electrons. The predicted octanol–water partition coefficient (Wildman–Crippen LogP) is 3.42. The first-order chi connectivity index (χ1) is 17.4. The number of rotatable bonds is 9. The van der Waals surface area contributed by atoms with Gasteiger partial charge >= 0.3 is 11.7 Å². The fourth-order valence-corrected chi connectivity index (χ4v) is 4.32. The van der Waals surface area contributed by atoms with Crippen molar-refractivity contribution >= 4 is 32.8 Å². The molecule has 1 amide bonds. The number of carbonyl (C=O) groups excluding carboxylic acids is 1. The Morgan fingerprint density at radius 1 is 1.14 bits per heavy atom. The molecule has 0 aliphatic heterocycles. The van der Waals surface area contributed by atoms with E-state index in [0.717, 1.165) is 0 Å². The Kier molecular flexibility index (Phi) is 8.44. The smallest absolute Gasteiger partial charge is 0.414 e. The highest BCUT2D eigenvalue weighted by molar-refractivity contribution is 7.92. The number of hydrogen-bond acceptors (Lipinski definition) is 8. The van der Waals surface area contributed by atoms with Crippen molar-refractivity contribution in [3.8, 4) is 11.5 Å². The van der Waals surface area contributed by atoms with Crippen LogP contribution in [-0.4, -0.2) is 65.4 Å².